The third-order valence-corrected chi connectivity index (χ3v) is 4.16. The minimum absolute atomic E-state index is 0.702. The molecule has 0 amide bonds. The quantitative estimate of drug-likeness (QED) is 0.899. The van der Waals surface area contributed by atoms with Gasteiger partial charge in [-0.1, -0.05) is 17.7 Å². The summed E-state index contributed by atoms with van der Waals surface area (Å²) in [5, 5.41) is 4.05. The highest BCUT2D eigenvalue weighted by Crippen LogP contribution is 2.30. The van der Waals surface area contributed by atoms with E-state index < -0.39 is 0 Å². The number of hydrogen-bond donors (Lipinski definition) is 1. The number of ether oxygens (including phenoxy) is 1. The highest BCUT2D eigenvalue weighted by atomic mass is 35.5. The molecule has 1 aliphatic heterocycles. The monoisotopic (exact) mass is 282 g/mol. The summed E-state index contributed by atoms with van der Waals surface area (Å²) >= 11 is 6.32. The van der Waals surface area contributed by atoms with Gasteiger partial charge in [-0.3, -0.25) is 0 Å². The lowest BCUT2D eigenvalue weighted by Crippen LogP contribution is -2.35. The molecule has 1 aromatic rings. The summed E-state index contributed by atoms with van der Waals surface area (Å²) in [7, 11) is 3.74. The van der Waals surface area contributed by atoms with Crippen molar-refractivity contribution in [2.24, 2.45) is 5.92 Å². The summed E-state index contributed by atoms with van der Waals surface area (Å²) in [5.41, 5.74) is 2.48. The summed E-state index contributed by atoms with van der Waals surface area (Å²) in [6.45, 7) is 3.87. The molecule has 0 spiro atoms. The first-order chi connectivity index (χ1) is 9.26. The lowest BCUT2D eigenvalue weighted by Gasteiger charge is -2.34. The number of rotatable bonds is 5. The lowest BCUT2D eigenvalue weighted by atomic mass is 9.96. The number of nitrogens with one attached hydrogen (secondary N) is 1. The van der Waals surface area contributed by atoms with Gasteiger partial charge in [0.05, 0.1) is 0 Å². The maximum absolute atomic E-state index is 6.32. The van der Waals surface area contributed by atoms with E-state index in [1.54, 1.807) is 7.11 Å². The first-order valence-electron chi connectivity index (χ1n) is 6.92. The Bertz CT molecular complexity index is 403. The smallest absolute Gasteiger partial charge is 0.0491 e. The van der Waals surface area contributed by atoms with Gasteiger partial charge in [0.2, 0.25) is 0 Å². The molecule has 1 saturated heterocycles. The van der Waals surface area contributed by atoms with Crippen molar-refractivity contribution in [2.75, 3.05) is 38.8 Å². The molecule has 0 aliphatic carbocycles. The van der Waals surface area contributed by atoms with Gasteiger partial charge >= 0.3 is 0 Å². The highest BCUT2D eigenvalue weighted by Gasteiger charge is 2.21. The first-order valence-corrected chi connectivity index (χ1v) is 7.30. The van der Waals surface area contributed by atoms with Gasteiger partial charge in [0.25, 0.3) is 0 Å². The zero-order chi connectivity index (χ0) is 13.7. The van der Waals surface area contributed by atoms with Crippen LogP contribution in [0.5, 0.6) is 0 Å². The Morgan fingerprint density at radius 2 is 2.11 bits per heavy atom. The molecule has 3 nitrogen and oxygen atoms in total. The van der Waals surface area contributed by atoms with E-state index in [0.717, 1.165) is 31.3 Å². The maximum Gasteiger partial charge on any atom is 0.0491 e. The Hall–Kier alpha value is -0.770. The van der Waals surface area contributed by atoms with Gasteiger partial charge < -0.3 is 15.0 Å². The van der Waals surface area contributed by atoms with Crippen LogP contribution >= 0.6 is 11.6 Å². The second kappa shape index (κ2) is 7.13. The first kappa shape index (κ1) is 14.6. The van der Waals surface area contributed by atoms with Crippen LogP contribution in [-0.2, 0) is 11.3 Å². The zero-order valence-electron chi connectivity index (χ0n) is 11.8. The van der Waals surface area contributed by atoms with Crippen LogP contribution < -0.4 is 10.2 Å². The second-order valence-corrected chi connectivity index (χ2v) is 5.56. The van der Waals surface area contributed by atoms with Crippen LogP contribution in [0.3, 0.4) is 0 Å². The van der Waals surface area contributed by atoms with Crippen LogP contribution in [0.1, 0.15) is 18.4 Å². The van der Waals surface area contributed by atoms with Gasteiger partial charge in [-0.25, -0.2) is 0 Å². The Kier molecular flexibility index (Phi) is 5.49. The minimum atomic E-state index is 0.702. The van der Waals surface area contributed by atoms with Crippen molar-refractivity contribution in [2.45, 2.75) is 19.4 Å². The van der Waals surface area contributed by atoms with E-state index in [1.807, 2.05) is 19.2 Å². The van der Waals surface area contributed by atoms with Crippen molar-refractivity contribution in [3.8, 4) is 0 Å². The van der Waals surface area contributed by atoms with E-state index in [1.165, 1.54) is 24.1 Å². The normalized spacial score (nSPS) is 16.9. The molecule has 1 N–H and O–H groups in total. The van der Waals surface area contributed by atoms with Gasteiger partial charge in [-0.05, 0) is 37.9 Å². The third-order valence-electron chi connectivity index (χ3n) is 3.81. The molecule has 4 heteroatoms. The van der Waals surface area contributed by atoms with Crippen molar-refractivity contribution in [3.05, 3.63) is 28.8 Å². The van der Waals surface area contributed by atoms with Crippen molar-refractivity contribution >= 4 is 17.3 Å². The third kappa shape index (κ3) is 3.62. The average Bonchev–Trinajstić information content (AvgIpc) is 2.43. The summed E-state index contributed by atoms with van der Waals surface area (Å²) in [5.74, 6) is 0.702. The number of hydrogen-bond acceptors (Lipinski definition) is 3. The van der Waals surface area contributed by atoms with Crippen LogP contribution in [0.2, 0.25) is 5.02 Å². The van der Waals surface area contributed by atoms with Crippen LogP contribution in [0, 0.1) is 5.92 Å². The summed E-state index contributed by atoms with van der Waals surface area (Å²) < 4.78 is 5.25. The zero-order valence-corrected chi connectivity index (χ0v) is 12.5. The highest BCUT2D eigenvalue weighted by molar-refractivity contribution is 6.31. The van der Waals surface area contributed by atoms with Gasteiger partial charge in [0.15, 0.2) is 0 Å². The number of nitrogens with zero attached hydrogens (tertiary/aromatic N) is 1. The number of piperidine rings is 1. The van der Waals surface area contributed by atoms with Crippen molar-refractivity contribution < 1.29 is 4.74 Å². The van der Waals surface area contributed by atoms with Gasteiger partial charge in [0.1, 0.15) is 0 Å². The Morgan fingerprint density at radius 3 is 2.74 bits per heavy atom. The van der Waals surface area contributed by atoms with E-state index in [4.69, 9.17) is 16.3 Å². The number of methoxy groups -OCH3 is 1. The average molecular weight is 283 g/mol. The van der Waals surface area contributed by atoms with Crippen molar-refractivity contribution in [3.63, 3.8) is 0 Å². The molecule has 1 aliphatic rings. The number of benzene rings is 1. The van der Waals surface area contributed by atoms with E-state index in [-0.39, 0.29) is 0 Å². The molecule has 19 heavy (non-hydrogen) atoms. The summed E-state index contributed by atoms with van der Waals surface area (Å²) in [4.78, 5) is 2.45. The van der Waals surface area contributed by atoms with Crippen LogP contribution in [0.25, 0.3) is 0 Å². The van der Waals surface area contributed by atoms with Crippen molar-refractivity contribution in [1.29, 1.82) is 0 Å². The fourth-order valence-electron chi connectivity index (χ4n) is 2.77. The molecule has 0 atom stereocenters. The molecule has 2 rings (SSSR count). The van der Waals surface area contributed by atoms with E-state index in [0.29, 0.717) is 5.92 Å². The lowest BCUT2D eigenvalue weighted by molar-refractivity contribution is 0.139. The molecule has 0 saturated carbocycles. The second-order valence-electron chi connectivity index (χ2n) is 5.15. The molecule has 0 unspecified atom stereocenters. The van der Waals surface area contributed by atoms with Gasteiger partial charge in [0, 0.05) is 49.6 Å². The van der Waals surface area contributed by atoms with Gasteiger partial charge in [-0.2, -0.15) is 0 Å². The van der Waals surface area contributed by atoms with Crippen LogP contribution in [0.4, 0.5) is 5.69 Å². The fourth-order valence-corrected chi connectivity index (χ4v) is 3.01. The standard InChI is InChI=1S/C15H23ClN2O/c1-17-10-13-14(16)4-3-5-15(13)18-8-6-12(7-9-18)11-19-2/h3-5,12,17H,6-11H2,1-2H3. The minimum Gasteiger partial charge on any atom is -0.384 e. The Labute approximate surface area is 120 Å². The molecular weight excluding hydrogens is 260 g/mol. The summed E-state index contributed by atoms with van der Waals surface area (Å²) in [6, 6.07) is 6.18. The maximum atomic E-state index is 6.32. The fraction of sp³-hybridized carbons (Fsp3) is 0.600. The predicted molar refractivity (Wildman–Crippen MR) is 81.0 cm³/mol. The molecule has 0 aromatic heterocycles. The van der Waals surface area contributed by atoms with E-state index >= 15 is 0 Å². The van der Waals surface area contributed by atoms with Crippen molar-refractivity contribution in [1.82, 2.24) is 5.32 Å². The van der Waals surface area contributed by atoms with Crippen LogP contribution in [-0.4, -0.2) is 33.9 Å². The molecule has 0 bridgehead atoms. The van der Waals surface area contributed by atoms with Crippen LogP contribution in [0.15, 0.2) is 18.2 Å². The molecule has 106 valence electrons. The van der Waals surface area contributed by atoms with E-state index in [2.05, 4.69) is 16.3 Å². The van der Waals surface area contributed by atoms with E-state index in [9.17, 15) is 0 Å². The molecule has 1 heterocycles. The predicted octanol–water partition coefficient (Wildman–Crippen LogP) is 2.92. The SMILES string of the molecule is CNCc1c(Cl)cccc1N1CCC(COC)CC1. The summed E-state index contributed by atoms with van der Waals surface area (Å²) in [6.07, 6.45) is 2.39. The number of anilines is 1. The molecule has 1 aromatic carbocycles. The molecule has 1 fully saturated rings. The Balaban J connectivity index is 2.08. The number of halogens is 1. The molecule has 0 radical (unpaired) electrons. The topological polar surface area (TPSA) is 24.5 Å². The Morgan fingerprint density at radius 1 is 1.37 bits per heavy atom. The largest absolute Gasteiger partial charge is 0.384 e. The molecular formula is C15H23ClN2O. The van der Waals surface area contributed by atoms with Gasteiger partial charge in [-0.15, -0.1) is 0 Å².